The molecule has 7 heteroatoms. The molecular weight excluding hydrogens is 371 g/mol. The van der Waals surface area contributed by atoms with Crippen molar-refractivity contribution in [3.8, 4) is 0 Å². The van der Waals surface area contributed by atoms with E-state index in [9.17, 15) is 9.18 Å². The molecule has 2 saturated heterocycles. The summed E-state index contributed by atoms with van der Waals surface area (Å²) in [4.78, 5) is 21.8. The quantitative estimate of drug-likeness (QED) is 0.826. The number of carbonyl (C=O) groups is 1. The van der Waals surface area contributed by atoms with Gasteiger partial charge >= 0.3 is 0 Å². The molecule has 29 heavy (non-hydrogen) atoms. The molecule has 1 N–H and O–H groups in total. The summed E-state index contributed by atoms with van der Waals surface area (Å²) in [7, 11) is 0. The Balaban J connectivity index is 1.40. The summed E-state index contributed by atoms with van der Waals surface area (Å²) in [6.45, 7) is 6.79. The molecule has 4 rings (SSSR count). The lowest BCUT2D eigenvalue weighted by Crippen LogP contribution is -2.52. The number of amides is 1. The zero-order valence-corrected chi connectivity index (χ0v) is 17.4. The largest absolute Gasteiger partial charge is 0.423 e. The minimum absolute atomic E-state index is 0.0236. The summed E-state index contributed by atoms with van der Waals surface area (Å²) in [6, 6.07) is 5.56. The summed E-state index contributed by atoms with van der Waals surface area (Å²) < 4.78 is 19.3. The smallest absolute Gasteiger partial charge is 0.299 e. The minimum atomic E-state index is -0.341. The number of carbonyl (C=O) groups excluding carboxylic acids is 1. The molecule has 0 bridgehead atoms. The number of anilines is 1. The van der Waals surface area contributed by atoms with Crippen LogP contribution in [-0.2, 0) is 4.79 Å². The lowest BCUT2D eigenvalue weighted by Gasteiger charge is -2.39. The summed E-state index contributed by atoms with van der Waals surface area (Å²) in [5.74, 6) is -0.318. The van der Waals surface area contributed by atoms with Crippen molar-refractivity contribution in [1.29, 1.82) is 0 Å². The Hall–Kier alpha value is -2.15. The number of oxazole rings is 1. The van der Waals surface area contributed by atoms with Crippen LogP contribution in [0.3, 0.4) is 0 Å². The van der Waals surface area contributed by atoms with Crippen molar-refractivity contribution in [3.63, 3.8) is 0 Å². The van der Waals surface area contributed by atoms with Crippen molar-refractivity contribution in [3.05, 3.63) is 24.0 Å². The maximum absolute atomic E-state index is 13.5. The first kappa shape index (κ1) is 20.1. The van der Waals surface area contributed by atoms with Crippen LogP contribution in [0.5, 0.6) is 0 Å². The Morgan fingerprint density at radius 2 is 2.00 bits per heavy atom. The summed E-state index contributed by atoms with van der Waals surface area (Å²) in [5, 5.41) is 3.13. The second-order valence-electron chi connectivity index (χ2n) is 8.47. The van der Waals surface area contributed by atoms with Gasteiger partial charge in [0.05, 0.1) is 0 Å². The first-order valence-corrected chi connectivity index (χ1v) is 10.9. The predicted octanol–water partition coefficient (Wildman–Crippen LogP) is 3.70. The Morgan fingerprint density at radius 1 is 1.21 bits per heavy atom. The van der Waals surface area contributed by atoms with Crippen LogP contribution in [0.2, 0.25) is 0 Å². The molecule has 3 heterocycles. The third-order valence-electron chi connectivity index (χ3n) is 6.43. The summed E-state index contributed by atoms with van der Waals surface area (Å²) >= 11 is 0. The van der Waals surface area contributed by atoms with E-state index in [0.29, 0.717) is 42.3 Å². The maximum atomic E-state index is 13.5. The van der Waals surface area contributed by atoms with Gasteiger partial charge < -0.3 is 14.6 Å². The van der Waals surface area contributed by atoms with Crippen LogP contribution in [-0.4, -0.2) is 53.6 Å². The van der Waals surface area contributed by atoms with Gasteiger partial charge in [0.25, 0.3) is 6.01 Å². The Kier molecular flexibility index (Phi) is 6.04. The van der Waals surface area contributed by atoms with Gasteiger partial charge in [-0.25, -0.2) is 4.39 Å². The maximum Gasteiger partial charge on any atom is 0.299 e. The van der Waals surface area contributed by atoms with Gasteiger partial charge in [0.15, 0.2) is 5.58 Å². The Labute approximate surface area is 171 Å². The number of benzene rings is 1. The van der Waals surface area contributed by atoms with Crippen LogP contribution in [0.15, 0.2) is 22.6 Å². The first-order chi connectivity index (χ1) is 14.0. The molecule has 0 saturated carbocycles. The Morgan fingerprint density at radius 3 is 2.79 bits per heavy atom. The highest BCUT2D eigenvalue weighted by Gasteiger charge is 2.32. The van der Waals surface area contributed by atoms with E-state index in [-0.39, 0.29) is 17.8 Å². The molecular formula is C22H31FN4O2. The van der Waals surface area contributed by atoms with E-state index in [0.717, 1.165) is 25.8 Å². The monoisotopic (exact) mass is 402 g/mol. The Bertz CT molecular complexity index is 844. The fourth-order valence-corrected chi connectivity index (χ4v) is 4.79. The number of nitrogens with one attached hydrogen (secondary N) is 1. The van der Waals surface area contributed by atoms with Crippen LogP contribution < -0.4 is 10.2 Å². The van der Waals surface area contributed by atoms with Crippen molar-refractivity contribution < 1.29 is 13.6 Å². The molecule has 6 nitrogen and oxygen atoms in total. The van der Waals surface area contributed by atoms with Gasteiger partial charge in [-0.05, 0) is 58.1 Å². The van der Waals surface area contributed by atoms with E-state index in [2.05, 4.69) is 29.0 Å². The van der Waals surface area contributed by atoms with Gasteiger partial charge in [0.1, 0.15) is 17.4 Å². The normalized spacial score (nSPS) is 26.0. The second kappa shape index (κ2) is 8.69. The number of nitrogens with zero attached hydrogens (tertiary/aromatic N) is 3. The molecule has 1 aromatic carbocycles. The average Bonchev–Trinajstić information content (AvgIpc) is 3.13. The van der Waals surface area contributed by atoms with Crippen LogP contribution in [0.4, 0.5) is 10.4 Å². The average molecular weight is 403 g/mol. The molecule has 2 fully saturated rings. The lowest BCUT2D eigenvalue weighted by molar-refractivity contribution is -0.123. The van der Waals surface area contributed by atoms with Crippen LogP contribution >= 0.6 is 0 Å². The SMILES string of the molecule is C[C@@H]1CCC[C@H](C)N1CCNC(=O)[C@@H]1CCCCN1c1nc2cc(F)ccc2o1. The van der Waals surface area contributed by atoms with Gasteiger partial charge in [0.2, 0.25) is 5.91 Å². The number of rotatable bonds is 5. The second-order valence-corrected chi connectivity index (χ2v) is 8.47. The molecule has 0 radical (unpaired) electrons. The standard InChI is InChI=1S/C22H31FN4O2/c1-15-6-5-7-16(2)26(15)13-11-24-21(28)19-8-3-4-12-27(19)22-25-18-14-17(23)9-10-20(18)29-22/h9-10,14-16,19H,3-8,11-13H2,1-2H3,(H,24,28)/t15-,16+,19-/m0/s1. The molecule has 0 aliphatic carbocycles. The lowest BCUT2D eigenvalue weighted by atomic mass is 9.97. The molecule has 1 aromatic heterocycles. The molecule has 3 atom stereocenters. The van der Waals surface area contributed by atoms with Crippen molar-refractivity contribution in [1.82, 2.24) is 15.2 Å². The number of hydrogen-bond donors (Lipinski definition) is 1. The number of aromatic nitrogens is 1. The predicted molar refractivity (Wildman–Crippen MR) is 111 cm³/mol. The van der Waals surface area contributed by atoms with E-state index in [1.807, 2.05) is 4.90 Å². The number of fused-ring (bicyclic) bond motifs is 1. The van der Waals surface area contributed by atoms with Crippen molar-refractivity contribution in [2.45, 2.75) is 70.5 Å². The van der Waals surface area contributed by atoms with E-state index >= 15 is 0 Å². The van der Waals surface area contributed by atoms with E-state index in [1.165, 1.54) is 31.4 Å². The fraction of sp³-hybridized carbons (Fsp3) is 0.636. The van der Waals surface area contributed by atoms with Crippen LogP contribution in [0.1, 0.15) is 52.4 Å². The number of likely N-dealkylation sites (tertiary alicyclic amines) is 1. The zero-order valence-electron chi connectivity index (χ0n) is 17.4. The van der Waals surface area contributed by atoms with Gasteiger partial charge in [-0.15, -0.1) is 0 Å². The van der Waals surface area contributed by atoms with Gasteiger partial charge in [-0.2, -0.15) is 4.98 Å². The molecule has 2 aliphatic heterocycles. The van der Waals surface area contributed by atoms with E-state index in [1.54, 1.807) is 6.07 Å². The van der Waals surface area contributed by atoms with Crippen molar-refractivity contribution in [2.24, 2.45) is 0 Å². The van der Waals surface area contributed by atoms with Gasteiger partial charge in [-0.1, -0.05) is 6.42 Å². The fourth-order valence-electron chi connectivity index (χ4n) is 4.79. The molecule has 2 aromatic rings. The van der Waals surface area contributed by atoms with Crippen molar-refractivity contribution in [2.75, 3.05) is 24.5 Å². The van der Waals surface area contributed by atoms with Crippen LogP contribution in [0.25, 0.3) is 11.1 Å². The molecule has 0 spiro atoms. The molecule has 158 valence electrons. The summed E-state index contributed by atoms with van der Waals surface area (Å²) in [6.07, 6.45) is 6.51. The van der Waals surface area contributed by atoms with Crippen LogP contribution in [0, 0.1) is 5.82 Å². The molecule has 0 unspecified atom stereocenters. The topological polar surface area (TPSA) is 61.6 Å². The third-order valence-corrected chi connectivity index (χ3v) is 6.43. The molecule has 1 amide bonds. The number of hydrogen-bond acceptors (Lipinski definition) is 5. The highest BCUT2D eigenvalue weighted by Crippen LogP contribution is 2.28. The van der Waals surface area contributed by atoms with Gasteiger partial charge in [0, 0.05) is 37.8 Å². The highest BCUT2D eigenvalue weighted by molar-refractivity contribution is 5.85. The third kappa shape index (κ3) is 4.39. The number of piperidine rings is 2. The van der Waals surface area contributed by atoms with E-state index < -0.39 is 0 Å². The highest BCUT2D eigenvalue weighted by atomic mass is 19.1. The molecule has 2 aliphatic rings. The van der Waals surface area contributed by atoms with Crippen molar-refractivity contribution >= 4 is 23.0 Å². The van der Waals surface area contributed by atoms with Gasteiger partial charge in [-0.3, -0.25) is 9.69 Å². The minimum Gasteiger partial charge on any atom is -0.423 e. The van der Waals surface area contributed by atoms with E-state index in [4.69, 9.17) is 4.42 Å². The zero-order chi connectivity index (χ0) is 20.4. The first-order valence-electron chi connectivity index (χ1n) is 10.9. The number of halogens is 1. The summed E-state index contributed by atoms with van der Waals surface area (Å²) in [5.41, 5.74) is 1.03.